The van der Waals surface area contributed by atoms with Crippen LogP contribution in [0.25, 0.3) is 0 Å². The van der Waals surface area contributed by atoms with E-state index in [1.54, 1.807) is 0 Å². The summed E-state index contributed by atoms with van der Waals surface area (Å²) in [7, 11) is 0. The number of terminal acetylenes is 2. The second kappa shape index (κ2) is 9.92. The molecule has 0 saturated heterocycles. The Morgan fingerprint density at radius 1 is 0.571 bits per heavy atom. The fourth-order valence-corrected chi connectivity index (χ4v) is 0.317. The Morgan fingerprint density at radius 2 is 0.929 bits per heavy atom. The van der Waals surface area contributed by atoms with Gasteiger partial charge in [0.1, 0.15) is 1.37 Å². The van der Waals surface area contributed by atoms with Crippen LogP contribution in [0.2, 0.25) is 0 Å². The molecule has 0 N–H and O–H groups in total. The molecule has 0 radical (unpaired) electrons. The van der Waals surface area contributed by atoms with Crippen LogP contribution in [-0.2, 0) is 0 Å². The van der Waals surface area contributed by atoms with E-state index in [0.717, 1.165) is 0 Å². The van der Waals surface area contributed by atoms with Crippen molar-refractivity contribution in [3.63, 3.8) is 0 Å². The standard InChI is InChI=1S/C14H2/c1-3-5-7-9-11-13-14-12-10-8-6-4-2/h1-2H/i1D. The van der Waals surface area contributed by atoms with Crippen molar-refractivity contribution in [2.75, 3.05) is 0 Å². The molecule has 0 fully saturated rings. The van der Waals surface area contributed by atoms with Gasteiger partial charge in [0.15, 0.2) is 0 Å². The van der Waals surface area contributed by atoms with Gasteiger partial charge in [-0.05, 0) is 71.0 Å². The van der Waals surface area contributed by atoms with Gasteiger partial charge in [-0.1, -0.05) is 0 Å². The summed E-state index contributed by atoms with van der Waals surface area (Å²) in [4.78, 5) is 0. The van der Waals surface area contributed by atoms with Crippen LogP contribution >= 0.6 is 0 Å². The van der Waals surface area contributed by atoms with E-state index in [0.29, 0.717) is 0 Å². The Bertz CT molecular complexity index is 619. The Balaban J connectivity index is 4.21. The van der Waals surface area contributed by atoms with Gasteiger partial charge in [0.05, 0.1) is 0 Å². The van der Waals surface area contributed by atoms with Crippen LogP contribution in [0.15, 0.2) is 0 Å². The maximum atomic E-state index is 6.44. The highest BCUT2D eigenvalue weighted by Gasteiger charge is 1.55. The first-order valence-corrected chi connectivity index (χ1v) is 3.29. The first-order chi connectivity index (χ1) is 7.41. The lowest BCUT2D eigenvalue weighted by Crippen LogP contribution is -1.54. The fourth-order valence-electron chi connectivity index (χ4n) is 0.317. The molecule has 0 aromatic rings. The van der Waals surface area contributed by atoms with Gasteiger partial charge in [-0.25, -0.2) is 0 Å². The van der Waals surface area contributed by atoms with Crippen LogP contribution in [-0.4, -0.2) is 0 Å². The van der Waals surface area contributed by atoms with E-state index in [2.05, 4.69) is 71.0 Å². The van der Waals surface area contributed by atoms with E-state index in [4.69, 9.17) is 7.79 Å². The molecule has 0 rings (SSSR count). The third kappa shape index (κ3) is 8.92. The third-order valence-electron chi connectivity index (χ3n) is 0.697. The topological polar surface area (TPSA) is 0 Å². The maximum Gasteiger partial charge on any atom is 0.125 e. The van der Waals surface area contributed by atoms with Crippen LogP contribution in [0.4, 0.5) is 0 Å². The Kier molecular flexibility index (Phi) is 6.39. The summed E-state index contributed by atoms with van der Waals surface area (Å²) in [5.74, 6) is 28.3. The molecular weight excluding hydrogens is 168 g/mol. The third-order valence-corrected chi connectivity index (χ3v) is 0.697. The molecule has 0 amide bonds. The molecule has 0 nitrogen and oxygen atoms in total. The predicted molar refractivity (Wildman–Crippen MR) is 56.5 cm³/mol. The lowest BCUT2D eigenvalue weighted by atomic mass is 10.5. The maximum absolute atomic E-state index is 6.44. The average Bonchev–Trinajstić information content (AvgIpc) is 2.26. The van der Waals surface area contributed by atoms with Crippen molar-refractivity contribution < 1.29 is 1.37 Å². The van der Waals surface area contributed by atoms with Crippen molar-refractivity contribution in [2.45, 2.75) is 0 Å². The van der Waals surface area contributed by atoms with E-state index in [9.17, 15) is 0 Å². The van der Waals surface area contributed by atoms with Gasteiger partial charge in [-0.15, -0.1) is 12.8 Å². The molecule has 14 heavy (non-hydrogen) atoms. The molecule has 58 valence electrons. The summed E-state index contributed by atoms with van der Waals surface area (Å²) >= 11 is 0. The van der Waals surface area contributed by atoms with Crippen LogP contribution in [0, 0.1) is 83.9 Å². The molecule has 0 bridgehead atoms. The lowest BCUT2D eigenvalue weighted by Gasteiger charge is -1.55. The molecule has 0 aliphatic carbocycles. The van der Waals surface area contributed by atoms with Crippen LogP contribution < -0.4 is 0 Å². The summed E-state index contributed by atoms with van der Waals surface area (Å²) < 4.78 is 6.44. The van der Waals surface area contributed by atoms with Crippen molar-refractivity contribution in [2.24, 2.45) is 0 Å². The van der Waals surface area contributed by atoms with Gasteiger partial charge in [-0.3, -0.25) is 0 Å². The molecule has 0 spiro atoms. The predicted octanol–water partition coefficient (Wildman–Crippen LogP) is 0.270. The zero-order valence-electron chi connectivity index (χ0n) is 8.08. The molecular formula is C14H2. The molecule has 0 aliphatic heterocycles. The SMILES string of the molecule is [2H]C#CC#CC#CC#CC#CC#CC#C. The largest absolute Gasteiger partial charge is 0.125 e. The normalized spacial score (nSPS) is 4.07. The molecule has 0 aromatic carbocycles. The highest BCUT2D eigenvalue weighted by Crippen LogP contribution is 1.55. The monoisotopic (exact) mass is 171 g/mol. The van der Waals surface area contributed by atoms with E-state index >= 15 is 0 Å². The van der Waals surface area contributed by atoms with Gasteiger partial charge in [0.2, 0.25) is 0 Å². The van der Waals surface area contributed by atoms with Crippen molar-refractivity contribution in [3.05, 3.63) is 0 Å². The van der Waals surface area contributed by atoms with E-state index in [1.807, 2.05) is 6.40 Å². The van der Waals surface area contributed by atoms with Crippen LogP contribution in [0.1, 0.15) is 1.37 Å². The van der Waals surface area contributed by atoms with Crippen molar-refractivity contribution in [3.8, 4) is 83.9 Å². The molecule has 0 aromatic heterocycles. The Labute approximate surface area is 85.9 Å². The molecule has 0 atom stereocenters. The summed E-state index contributed by atoms with van der Waals surface area (Å²) in [6.45, 7) is 0. The second-order valence-electron chi connectivity index (χ2n) is 1.52. The van der Waals surface area contributed by atoms with Crippen LogP contribution in [0.5, 0.6) is 0 Å². The summed E-state index contributed by atoms with van der Waals surface area (Å²) in [6, 6.07) is 0. The highest BCUT2D eigenvalue weighted by molar-refractivity contribution is 5.44. The van der Waals surface area contributed by atoms with Gasteiger partial charge >= 0.3 is 0 Å². The Morgan fingerprint density at radius 3 is 1.29 bits per heavy atom. The van der Waals surface area contributed by atoms with Crippen LogP contribution in [0.3, 0.4) is 0 Å². The quantitative estimate of drug-likeness (QED) is 0.459. The van der Waals surface area contributed by atoms with Gasteiger partial charge in [0, 0.05) is 0 Å². The summed E-state index contributed by atoms with van der Waals surface area (Å²) in [6.07, 6.45) is 6.73. The molecule has 0 unspecified atom stereocenters. The van der Waals surface area contributed by atoms with Crippen molar-refractivity contribution >= 4 is 0 Å². The average molecular weight is 171 g/mol. The minimum absolute atomic E-state index is 1.87. The molecule has 0 aliphatic rings. The van der Waals surface area contributed by atoms with Crippen molar-refractivity contribution in [1.82, 2.24) is 0 Å². The summed E-state index contributed by atoms with van der Waals surface area (Å²) in [5, 5.41) is 0. The summed E-state index contributed by atoms with van der Waals surface area (Å²) in [5.41, 5.74) is 0. The minimum atomic E-state index is 1.87. The molecule has 0 heteroatoms. The number of hydrogen-bond acceptors (Lipinski definition) is 0. The highest BCUT2D eigenvalue weighted by atomic mass is 13.6. The first kappa shape index (κ1) is 9.01. The van der Waals surface area contributed by atoms with E-state index < -0.39 is 0 Å². The second-order valence-corrected chi connectivity index (χ2v) is 1.52. The number of rotatable bonds is 0. The number of hydrogen-bond donors (Lipinski definition) is 0. The smallest absolute Gasteiger partial charge is 0.106 e. The zero-order chi connectivity index (χ0) is 11.2. The van der Waals surface area contributed by atoms with Gasteiger partial charge < -0.3 is 0 Å². The zero-order valence-corrected chi connectivity index (χ0v) is 7.08. The minimum Gasteiger partial charge on any atom is -0.106 e. The van der Waals surface area contributed by atoms with E-state index in [1.165, 1.54) is 0 Å². The van der Waals surface area contributed by atoms with Gasteiger partial charge in [0.25, 0.3) is 0 Å². The van der Waals surface area contributed by atoms with E-state index in [-0.39, 0.29) is 0 Å². The van der Waals surface area contributed by atoms with Crippen molar-refractivity contribution in [1.29, 1.82) is 0 Å². The molecule has 0 saturated carbocycles. The first-order valence-electron chi connectivity index (χ1n) is 3.79. The Hall–Kier alpha value is -3.08. The van der Waals surface area contributed by atoms with Gasteiger partial charge in [-0.2, -0.15) is 0 Å². The lowest BCUT2D eigenvalue weighted by molar-refractivity contribution is 2.34. The fraction of sp³-hybridized carbons (Fsp3) is 0. The molecule has 0 heterocycles.